The smallest absolute Gasteiger partial charge is 0.147 e. The van der Waals surface area contributed by atoms with Crippen molar-refractivity contribution in [1.82, 2.24) is 14.9 Å². The summed E-state index contributed by atoms with van der Waals surface area (Å²) in [5.41, 5.74) is 1.65. The highest BCUT2D eigenvalue weighted by atomic mass is 32.2. The van der Waals surface area contributed by atoms with Gasteiger partial charge in [0.05, 0.1) is 12.2 Å². The van der Waals surface area contributed by atoms with Gasteiger partial charge in [-0.3, -0.25) is 14.9 Å². The second kappa shape index (κ2) is 7.67. The maximum absolute atomic E-state index is 14.0. The molecule has 3 unspecified atom stereocenters. The van der Waals surface area contributed by atoms with Crippen molar-refractivity contribution in [3.63, 3.8) is 0 Å². The number of benzene rings is 2. The van der Waals surface area contributed by atoms with Crippen molar-refractivity contribution in [3.8, 4) is 0 Å². The largest absolute Gasteiger partial charge is 0.298 e. The van der Waals surface area contributed by atoms with Gasteiger partial charge in [-0.15, -0.1) is 0 Å². The van der Waals surface area contributed by atoms with Crippen LogP contribution in [0, 0.1) is 5.92 Å². The molecule has 0 radical (unpaired) electrons. The van der Waals surface area contributed by atoms with Crippen LogP contribution in [0.25, 0.3) is 0 Å². The predicted molar refractivity (Wildman–Crippen MR) is 119 cm³/mol. The minimum absolute atomic E-state index is 0.470. The Morgan fingerprint density at radius 2 is 1.79 bits per heavy atom. The van der Waals surface area contributed by atoms with Gasteiger partial charge >= 0.3 is 0 Å². The van der Waals surface area contributed by atoms with Crippen molar-refractivity contribution in [3.05, 3.63) is 71.8 Å². The van der Waals surface area contributed by atoms with E-state index < -0.39 is 21.4 Å². The molecule has 3 atom stereocenters. The van der Waals surface area contributed by atoms with Crippen molar-refractivity contribution >= 4 is 28.2 Å². The van der Waals surface area contributed by atoms with Crippen LogP contribution in [-0.2, 0) is 21.4 Å². The Morgan fingerprint density at radius 3 is 2.36 bits per heavy atom. The van der Waals surface area contributed by atoms with Crippen LogP contribution >= 0.6 is 12.2 Å². The van der Waals surface area contributed by atoms with Crippen molar-refractivity contribution in [2.45, 2.75) is 36.6 Å². The molecule has 4 nitrogen and oxygen atoms in total. The van der Waals surface area contributed by atoms with Gasteiger partial charge in [-0.25, -0.2) is 4.21 Å². The number of hydrogen-bond donors (Lipinski definition) is 2. The molecular formula is C22H27N3OS2. The van der Waals surface area contributed by atoms with Crippen LogP contribution in [0.5, 0.6) is 0 Å². The molecule has 2 fully saturated rings. The van der Waals surface area contributed by atoms with E-state index in [-0.39, 0.29) is 0 Å². The zero-order valence-corrected chi connectivity index (χ0v) is 18.0. The molecule has 2 aromatic rings. The molecule has 1 heterocycles. The molecule has 1 aliphatic heterocycles. The summed E-state index contributed by atoms with van der Waals surface area (Å²) >= 11 is 5.87. The zero-order valence-electron chi connectivity index (χ0n) is 16.4. The van der Waals surface area contributed by atoms with Crippen LogP contribution in [0.4, 0.5) is 0 Å². The van der Waals surface area contributed by atoms with E-state index in [0.29, 0.717) is 17.6 Å². The molecule has 0 aromatic heterocycles. The average Bonchev–Trinajstić information content (AvgIpc) is 3.51. The molecule has 0 bridgehead atoms. The number of hydrogen-bond acceptors (Lipinski definition) is 4. The topological polar surface area (TPSA) is 44.4 Å². The quantitative estimate of drug-likeness (QED) is 0.681. The minimum Gasteiger partial charge on any atom is -0.298 e. The summed E-state index contributed by atoms with van der Waals surface area (Å²) in [6.07, 6.45) is 3.26. The Labute approximate surface area is 175 Å². The number of thiocarbonyl (C=S) groups is 1. The lowest BCUT2D eigenvalue weighted by Crippen LogP contribution is -2.51. The summed E-state index contributed by atoms with van der Waals surface area (Å²) in [5, 5.41) is 6.95. The number of nitrogens with one attached hydrogen (secondary N) is 2. The number of nitrogens with zero attached hydrogens (tertiary/aromatic N) is 1. The summed E-state index contributed by atoms with van der Waals surface area (Å²) in [5.74, 6) is 0.612. The van der Waals surface area contributed by atoms with Crippen molar-refractivity contribution in [2.75, 3.05) is 13.7 Å². The predicted octanol–water partition coefficient (Wildman–Crippen LogP) is 3.63. The molecule has 2 N–H and O–H groups in total. The van der Waals surface area contributed by atoms with Crippen LogP contribution in [0.2, 0.25) is 0 Å². The maximum atomic E-state index is 14.0. The molecule has 28 heavy (non-hydrogen) atoms. The highest BCUT2D eigenvalue weighted by molar-refractivity contribution is 7.87. The van der Waals surface area contributed by atoms with E-state index in [0.717, 1.165) is 17.5 Å². The SMILES string of the molecule is CNC(CC1CC1)(c1ccccc1)S(=O)N1CNC(C)(c2ccccc2)C1=S. The second-order valence-corrected chi connectivity index (χ2v) is 9.87. The molecule has 1 saturated carbocycles. The van der Waals surface area contributed by atoms with E-state index >= 15 is 0 Å². The molecule has 4 rings (SSSR count). The van der Waals surface area contributed by atoms with Gasteiger partial charge in [0, 0.05) is 0 Å². The van der Waals surface area contributed by atoms with E-state index in [1.54, 1.807) is 0 Å². The highest BCUT2D eigenvalue weighted by Crippen LogP contribution is 2.44. The van der Waals surface area contributed by atoms with Crippen molar-refractivity contribution in [2.24, 2.45) is 5.92 Å². The van der Waals surface area contributed by atoms with Gasteiger partial charge < -0.3 is 0 Å². The lowest BCUT2D eigenvalue weighted by molar-refractivity contribution is 0.426. The standard InChI is InChI=1S/C22H27N3OS2/c1-21(18-9-5-3-6-10-18)20(27)25(16-24-21)28(26)22(23-2,15-17-13-14-17)19-11-7-4-8-12-19/h3-12,17,23-24H,13-16H2,1-2H3. The van der Waals surface area contributed by atoms with Gasteiger partial charge in [0.15, 0.2) is 0 Å². The molecule has 2 aliphatic rings. The van der Waals surface area contributed by atoms with Gasteiger partial charge in [-0.1, -0.05) is 85.7 Å². The van der Waals surface area contributed by atoms with E-state index in [9.17, 15) is 4.21 Å². The molecule has 1 aliphatic carbocycles. The molecule has 2 aromatic carbocycles. The average molecular weight is 414 g/mol. The summed E-state index contributed by atoms with van der Waals surface area (Å²) < 4.78 is 15.9. The fourth-order valence-corrected chi connectivity index (χ4v) is 6.24. The van der Waals surface area contributed by atoms with Crippen LogP contribution in [0.15, 0.2) is 60.7 Å². The van der Waals surface area contributed by atoms with E-state index in [2.05, 4.69) is 41.8 Å². The van der Waals surface area contributed by atoms with Crippen molar-refractivity contribution in [1.29, 1.82) is 0 Å². The molecule has 0 spiro atoms. The van der Waals surface area contributed by atoms with E-state index in [4.69, 9.17) is 12.2 Å². The van der Waals surface area contributed by atoms with Gasteiger partial charge in [0.1, 0.15) is 20.8 Å². The lowest BCUT2D eigenvalue weighted by atomic mass is 9.93. The second-order valence-electron chi connectivity index (χ2n) is 7.85. The van der Waals surface area contributed by atoms with Crippen LogP contribution in [-0.4, -0.2) is 27.2 Å². The highest BCUT2D eigenvalue weighted by Gasteiger charge is 2.50. The van der Waals surface area contributed by atoms with Gasteiger partial charge in [-0.2, -0.15) is 0 Å². The minimum atomic E-state index is -1.36. The maximum Gasteiger partial charge on any atom is 0.147 e. The monoisotopic (exact) mass is 413 g/mol. The fraction of sp³-hybridized carbons (Fsp3) is 0.409. The Kier molecular flexibility index (Phi) is 5.40. The van der Waals surface area contributed by atoms with Crippen LogP contribution in [0.3, 0.4) is 0 Å². The Morgan fingerprint density at radius 1 is 1.18 bits per heavy atom. The van der Waals surface area contributed by atoms with Gasteiger partial charge in [0.25, 0.3) is 0 Å². The van der Waals surface area contributed by atoms with Crippen LogP contribution in [0.1, 0.15) is 37.3 Å². The van der Waals surface area contributed by atoms with E-state index in [1.807, 2.05) is 47.8 Å². The first-order valence-electron chi connectivity index (χ1n) is 9.80. The Balaban J connectivity index is 1.69. The molecule has 0 amide bonds. The van der Waals surface area contributed by atoms with Crippen molar-refractivity contribution < 1.29 is 4.21 Å². The summed E-state index contributed by atoms with van der Waals surface area (Å²) in [7, 11) is 0.558. The van der Waals surface area contributed by atoms with E-state index in [1.165, 1.54) is 12.8 Å². The molecule has 148 valence electrons. The molecule has 6 heteroatoms. The Hall–Kier alpha value is -1.60. The normalized spacial score (nSPS) is 25.5. The first-order chi connectivity index (χ1) is 13.5. The summed E-state index contributed by atoms with van der Waals surface area (Å²) in [6, 6.07) is 20.3. The summed E-state index contributed by atoms with van der Waals surface area (Å²) in [4.78, 5) is 0.0409. The lowest BCUT2D eigenvalue weighted by Gasteiger charge is -2.37. The third-order valence-corrected chi connectivity index (χ3v) is 8.66. The third-order valence-electron chi connectivity index (χ3n) is 6.00. The third kappa shape index (κ3) is 3.32. The zero-order chi connectivity index (χ0) is 19.8. The summed E-state index contributed by atoms with van der Waals surface area (Å²) in [6.45, 7) is 2.55. The molecular weight excluding hydrogens is 386 g/mol. The van der Waals surface area contributed by atoms with Gasteiger partial charge in [-0.05, 0) is 37.4 Å². The first kappa shape index (κ1) is 19.7. The van der Waals surface area contributed by atoms with Crippen LogP contribution < -0.4 is 10.6 Å². The number of rotatable bonds is 7. The Bertz CT molecular complexity index is 872. The fourth-order valence-electron chi connectivity index (χ4n) is 4.01. The molecule has 1 saturated heterocycles. The van der Waals surface area contributed by atoms with Gasteiger partial charge in [0.2, 0.25) is 0 Å². The first-order valence-corrected chi connectivity index (χ1v) is 11.3.